The molecule has 4 rings (SSSR count). The van der Waals surface area contributed by atoms with Crippen molar-refractivity contribution in [2.24, 2.45) is 23.7 Å². The molecule has 2 saturated carbocycles. The first-order valence-corrected chi connectivity index (χ1v) is 8.65. The summed E-state index contributed by atoms with van der Waals surface area (Å²) in [7, 11) is 0. The van der Waals surface area contributed by atoms with Gasteiger partial charge in [-0.05, 0) is 55.1 Å². The van der Waals surface area contributed by atoms with Crippen molar-refractivity contribution in [1.29, 1.82) is 0 Å². The van der Waals surface area contributed by atoms with Crippen LogP contribution in [0.4, 0.5) is 5.69 Å². The first-order valence-electron chi connectivity index (χ1n) is 8.65. The largest absolute Gasteiger partial charge is 0.274 e. The zero-order chi connectivity index (χ0) is 15.4. The number of fused-ring (bicyclic) bond motifs is 5. The molecule has 1 aromatic carbocycles. The van der Waals surface area contributed by atoms with Crippen molar-refractivity contribution in [3.63, 3.8) is 0 Å². The second-order valence-corrected chi connectivity index (χ2v) is 7.03. The molecule has 2 bridgehead atoms. The quantitative estimate of drug-likeness (QED) is 0.802. The fraction of sp³-hybridized carbons (Fsp3) is 0.579. The maximum atomic E-state index is 13.0. The van der Waals surface area contributed by atoms with Crippen LogP contribution in [0.15, 0.2) is 18.2 Å². The third-order valence-electron chi connectivity index (χ3n) is 6.12. The van der Waals surface area contributed by atoms with E-state index in [0.29, 0.717) is 11.8 Å². The minimum absolute atomic E-state index is 0.0270. The second kappa shape index (κ2) is 4.94. The Morgan fingerprint density at radius 3 is 1.91 bits per heavy atom. The topological polar surface area (TPSA) is 37.4 Å². The molecule has 22 heavy (non-hydrogen) atoms. The van der Waals surface area contributed by atoms with Crippen molar-refractivity contribution < 1.29 is 9.59 Å². The van der Waals surface area contributed by atoms with Crippen LogP contribution in [0.25, 0.3) is 0 Å². The summed E-state index contributed by atoms with van der Waals surface area (Å²) in [6, 6.07) is 6.15. The van der Waals surface area contributed by atoms with E-state index in [1.54, 1.807) is 4.90 Å². The highest BCUT2D eigenvalue weighted by molar-refractivity contribution is 6.23. The highest BCUT2D eigenvalue weighted by Gasteiger charge is 2.61. The van der Waals surface area contributed by atoms with Crippen molar-refractivity contribution in [2.75, 3.05) is 4.90 Å². The molecule has 3 fully saturated rings. The molecular weight excluding hydrogens is 274 g/mol. The Morgan fingerprint density at radius 1 is 0.955 bits per heavy atom. The molecule has 1 aromatic rings. The number of aryl methyl sites for hydroxylation is 2. The van der Waals surface area contributed by atoms with Crippen molar-refractivity contribution in [3.05, 3.63) is 29.3 Å². The Bertz CT molecular complexity index is 601. The molecule has 0 N–H and O–H groups in total. The fourth-order valence-corrected chi connectivity index (χ4v) is 5.13. The molecule has 3 aliphatic rings. The molecule has 1 saturated heterocycles. The van der Waals surface area contributed by atoms with Gasteiger partial charge in [-0.15, -0.1) is 0 Å². The van der Waals surface area contributed by atoms with E-state index in [-0.39, 0.29) is 23.7 Å². The Kier molecular flexibility index (Phi) is 3.14. The van der Waals surface area contributed by atoms with Crippen LogP contribution >= 0.6 is 0 Å². The Hall–Kier alpha value is -1.64. The Morgan fingerprint density at radius 2 is 1.45 bits per heavy atom. The summed E-state index contributed by atoms with van der Waals surface area (Å²) in [5, 5.41) is 0. The summed E-state index contributed by atoms with van der Waals surface area (Å²) in [6.07, 6.45) is 5.06. The van der Waals surface area contributed by atoms with Crippen LogP contribution in [-0.4, -0.2) is 11.8 Å². The minimum Gasteiger partial charge on any atom is -0.274 e. The lowest BCUT2D eigenvalue weighted by Gasteiger charge is -2.23. The van der Waals surface area contributed by atoms with Gasteiger partial charge in [0, 0.05) is 0 Å². The number of imide groups is 1. The van der Waals surface area contributed by atoms with Gasteiger partial charge in [-0.1, -0.05) is 32.0 Å². The van der Waals surface area contributed by atoms with Crippen molar-refractivity contribution in [3.8, 4) is 0 Å². The zero-order valence-corrected chi connectivity index (χ0v) is 13.3. The number of amides is 2. The molecule has 0 radical (unpaired) electrons. The molecule has 116 valence electrons. The predicted molar refractivity (Wildman–Crippen MR) is 85.5 cm³/mol. The van der Waals surface area contributed by atoms with Crippen LogP contribution in [0, 0.1) is 23.7 Å². The van der Waals surface area contributed by atoms with Gasteiger partial charge in [0.15, 0.2) is 0 Å². The van der Waals surface area contributed by atoms with E-state index in [2.05, 4.69) is 26.0 Å². The van der Waals surface area contributed by atoms with Crippen LogP contribution in [-0.2, 0) is 22.4 Å². The van der Waals surface area contributed by atoms with E-state index in [1.807, 2.05) is 6.07 Å². The number of nitrogens with zero attached hydrogens (tertiary/aromatic N) is 1. The normalized spacial score (nSPS) is 32.9. The van der Waals surface area contributed by atoms with Gasteiger partial charge in [0.05, 0.1) is 17.5 Å². The number of carbonyl (C=O) groups excluding carboxylic acids is 2. The summed E-state index contributed by atoms with van der Waals surface area (Å²) >= 11 is 0. The van der Waals surface area contributed by atoms with Crippen molar-refractivity contribution in [2.45, 2.75) is 46.0 Å². The maximum absolute atomic E-state index is 13.0. The molecule has 0 aromatic heterocycles. The Labute approximate surface area is 131 Å². The highest BCUT2D eigenvalue weighted by Crippen LogP contribution is 2.57. The molecule has 0 unspecified atom stereocenters. The highest BCUT2D eigenvalue weighted by atomic mass is 16.2. The number of carbonyl (C=O) groups is 2. The van der Waals surface area contributed by atoms with Gasteiger partial charge in [0.25, 0.3) is 0 Å². The third-order valence-corrected chi connectivity index (χ3v) is 6.12. The number of benzene rings is 1. The van der Waals surface area contributed by atoms with Crippen LogP contribution in [0.5, 0.6) is 0 Å². The first-order chi connectivity index (χ1) is 10.7. The van der Waals surface area contributed by atoms with Crippen LogP contribution < -0.4 is 4.90 Å². The molecule has 1 heterocycles. The smallest absolute Gasteiger partial charge is 0.237 e. The van der Waals surface area contributed by atoms with Gasteiger partial charge in [-0.3, -0.25) is 9.59 Å². The minimum atomic E-state index is -0.0270. The Balaban J connectivity index is 1.81. The standard InChI is InChI=1S/C19H23NO2/c1-3-11-6-5-7-12(4-2)17(11)20-18(21)15-13-8-9-14(10-13)16(15)19(20)22/h5-7,13-16H,3-4,8-10H2,1-2H3/t13-,14-,15-,16+/m0/s1. The van der Waals surface area contributed by atoms with Gasteiger partial charge in [-0.25, -0.2) is 4.90 Å². The molecule has 0 spiro atoms. The molecule has 2 amide bonds. The van der Waals surface area contributed by atoms with E-state index in [9.17, 15) is 9.59 Å². The van der Waals surface area contributed by atoms with E-state index in [4.69, 9.17) is 0 Å². The van der Waals surface area contributed by atoms with Crippen molar-refractivity contribution in [1.82, 2.24) is 0 Å². The van der Waals surface area contributed by atoms with E-state index in [0.717, 1.165) is 48.9 Å². The molecule has 3 heteroatoms. The maximum Gasteiger partial charge on any atom is 0.237 e. The summed E-state index contributed by atoms with van der Waals surface area (Å²) in [5.74, 6) is 1.02. The van der Waals surface area contributed by atoms with Gasteiger partial charge < -0.3 is 0 Å². The van der Waals surface area contributed by atoms with Gasteiger partial charge >= 0.3 is 0 Å². The zero-order valence-electron chi connectivity index (χ0n) is 13.3. The van der Waals surface area contributed by atoms with Crippen LogP contribution in [0.1, 0.15) is 44.2 Å². The lowest BCUT2D eigenvalue weighted by molar-refractivity contribution is -0.123. The SMILES string of the molecule is CCc1cccc(CC)c1N1C(=O)[C@@H]2[C@H]3CC[C@@H](C3)[C@@H]2C1=O. The first kappa shape index (κ1) is 14.0. The second-order valence-electron chi connectivity index (χ2n) is 7.03. The predicted octanol–water partition coefficient (Wildman–Crippen LogP) is 3.35. The molecule has 2 aliphatic carbocycles. The number of rotatable bonds is 3. The number of hydrogen-bond acceptors (Lipinski definition) is 2. The van der Waals surface area contributed by atoms with Crippen molar-refractivity contribution >= 4 is 17.5 Å². The van der Waals surface area contributed by atoms with E-state index in [1.165, 1.54) is 0 Å². The number of anilines is 1. The van der Waals surface area contributed by atoms with E-state index >= 15 is 0 Å². The third kappa shape index (κ3) is 1.68. The van der Waals surface area contributed by atoms with Crippen LogP contribution in [0.3, 0.4) is 0 Å². The fourth-order valence-electron chi connectivity index (χ4n) is 5.13. The lowest BCUT2D eigenvalue weighted by Crippen LogP contribution is -2.34. The van der Waals surface area contributed by atoms with Gasteiger partial charge in [0.2, 0.25) is 11.8 Å². The summed E-state index contributed by atoms with van der Waals surface area (Å²) in [5.41, 5.74) is 3.14. The molecule has 1 aliphatic heterocycles. The average Bonchev–Trinajstić information content (AvgIpc) is 3.21. The summed E-state index contributed by atoms with van der Waals surface area (Å²) in [4.78, 5) is 27.6. The molecule has 3 nitrogen and oxygen atoms in total. The lowest BCUT2D eigenvalue weighted by atomic mass is 9.81. The van der Waals surface area contributed by atoms with Gasteiger partial charge in [-0.2, -0.15) is 0 Å². The van der Waals surface area contributed by atoms with E-state index < -0.39 is 0 Å². The van der Waals surface area contributed by atoms with Crippen LogP contribution in [0.2, 0.25) is 0 Å². The average molecular weight is 297 g/mol. The number of para-hydroxylation sites is 1. The van der Waals surface area contributed by atoms with Gasteiger partial charge in [0.1, 0.15) is 0 Å². The number of hydrogen-bond donors (Lipinski definition) is 0. The monoisotopic (exact) mass is 297 g/mol. The molecule has 4 atom stereocenters. The molecular formula is C19H23NO2. The summed E-state index contributed by atoms with van der Waals surface area (Å²) in [6.45, 7) is 4.18. The summed E-state index contributed by atoms with van der Waals surface area (Å²) < 4.78 is 0.